The molecule has 1 saturated carbocycles. The van der Waals surface area contributed by atoms with Crippen LogP contribution < -0.4 is 11.1 Å². The second-order valence-corrected chi connectivity index (χ2v) is 11.9. The van der Waals surface area contributed by atoms with Crippen molar-refractivity contribution in [2.45, 2.75) is 63.8 Å². The molecule has 6 atom stereocenters. The minimum Gasteiger partial charge on any atom is -0.508 e. The molecule has 0 radical (unpaired) electrons. The summed E-state index contributed by atoms with van der Waals surface area (Å²) in [6, 6.07) is 0.426. The van der Waals surface area contributed by atoms with E-state index in [1.54, 1.807) is 14.1 Å². The standard InChI is InChI=1S/C30H38ClN3O7/c1-6-8-14(7-2)13(3)33-12-16-11-19(35)21-17(23(16)31)9-15-10-18-24(34(4)5)26(37)22(29(32)40)28(39)30(18,41)27(38)20(15)25(21)36/h6,11,13-15,18,24,33,35-36,39,41H,1,7-10,12H2,2-5H3,(H2,32,40)/t13?,14?,15-,18-,24-,30?/m0/s1. The van der Waals surface area contributed by atoms with Crippen molar-refractivity contribution in [3.8, 4) is 5.75 Å². The van der Waals surface area contributed by atoms with Gasteiger partial charge in [-0.15, -0.1) is 6.58 Å². The molecule has 0 saturated heterocycles. The molecule has 11 heteroatoms. The van der Waals surface area contributed by atoms with Crippen LogP contribution in [0.3, 0.4) is 0 Å². The monoisotopic (exact) mass is 587 g/mol. The van der Waals surface area contributed by atoms with Crippen molar-refractivity contribution in [3.05, 3.63) is 57.3 Å². The Bertz CT molecular complexity index is 1380. The number of aromatic hydroxyl groups is 1. The van der Waals surface area contributed by atoms with Crippen LogP contribution in [0.5, 0.6) is 5.75 Å². The summed E-state index contributed by atoms with van der Waals surface area (Å²) in [5.74, 6) is -6.57. The molecule has 0 heterocycles. The second-order valence-electron chi connectivity index (χ2n) is 11.5. The predicted octanol–water partition coefficient (Wildman–Crippen LogP) is 2.70. The van der Waals surface area contributed by atoms with Crippen LogP contribution in [-0.2, 0) is 27.3 Å². The molecule has 0 spiro atoms. The Balaban J connectivity index is 1.79. The van der Waals surface area contributed by atoms with Gasteiger partial charge in [-0.05, 0) is 69.3 Å². The van der Waals surface area contributed by atoms with Crippen molar-refractivity contribution < 1.29 is 34.8 Å². The normalized spacial score (nSPS) is 27.3. The molecule has 0 aromatic heterocycles. The molecule has 1 aromatic rings. The SMILES string of the molecule is C=CCC(CC)C(C)NCc1cc(O)c2c(c1Cl)C[C@H]1C[C@H]3[C@H](N(C)C)C(=O)C(C(N)=O)=C(O)C3(O)C(=O)C1=C2O. The Morgan fingerprint density at radius 3 is 2.54 bits per heavy atom. The van der Waals surface area contributed by atoms with E-state index in [0.29, 0.717) is 28.6 Å². The zero-order valence-corrected chi connectivity index (χ0v) is 24.5. The van der Waals surface area contributed by atoms with Crippen LogP contribution in [0.1, 0.15) is 49.8 Å². The van der Waals surface area contributed by atoms with E-state index in [2.05, 4.69) is 25.7 Å². The fraction of sp³-hybridized carbons (Fsp3) is 0.500. The Hall–Kier alpha value is -3.18. The average Bonchev–Trinajstić information content (AvgIpc) is 2.89. The van der Waals surface area contributed by atoms with E-state index < -0.39 is 58.0 Å². The van der Waals surface area contributed by atoms with Gasteiger partial charge in [-0.25, -0.2) is 0 Å². The number of hydrogen-bond acceptors (Lipinski definition) is 9. The summed E-state index contributed by atoms with van der Waals surface area (Å²) >= 11 is 6.84. The molecular weight excluding hydrogens is 550 g/mol. The number of fused-ring (bicyclic) bond motifs is 3. The minimum absolute atomic E-state index is 0.00208. The van der Waals surface area contributed by atoms with Gasteiger partial charge in [0.2, 0.25) is 5.78 Å². The number of nitrogens with one attached hydrogen (secondary N) is 1. The summed E-state index contributed by atoms with van der Waals surface area (Å²) in [6.07, 6.45) is 3.82. The molecule has 0 bridgehead atoms. The number of amides is 1. The van der Waals surface area contributed by atoms with E-state index >= 15 is 0 Å². The first-order valence-corrected chi connectivity index (χ1v) is 14.1. The highest BCUT2D eigenvalue weighted by molar-refractivity contribution is 6.32. The summed E-state index contributed by atoms with van der Waals surface area (Å²) in [5, 5.41) is 48.7. The number of aliphatic hydroxyl groups excluding tert-OH is 2. The van der Waals surface area contributed by atoms with E-state index in [1.165, 1.54) is 11.0 Å². The quantitative estimate of drug-likeness (QED) is 0.187. The Kier molecular flexibility index (Phi) is 8.44. The van der Waals surface area contributed by atoms with Crippen LogP contribution >= 0.6 is 11.6 Å². The zero-order chi connectivity index (χ0) is 30.5. The first kappa shape index (κ1) is 30.8. The van der Waals surface area contributed by atoms with E-state index in [1.807, 2.05) is 6.08 Å². The molecule has 0 aliphatic heterocycles. The fourth-order valence-corrected chi connectivity index (χ4v) is 7.14. The van der Waals surface area contributed by atoms with E-state index in [-0.39, 0.29) is 35.8 Å². The second kappa shape index (κ2) is 11.2. The number of nitrogens with two attached hydrogens (primary N) is 1. The molecular formula is C30H38ClN3O7. The number of rotatable bonds is 9. The van der Waals surface area contributed by atoms with E-state index in [9.17, 15) is 34.8 Å². The summed E-state index contributed by atoms with van der Waals surface area (Å²) in [7, 11) is 3.11. The highest BCUT2D eigenvalue weighted by Crippen LogP contribution is 2.53. The van der Waals surface area contributed by atoms with Crippen molar-refractivity contribution in [2.24, 2.45) is 23.5 Å². The molecule has 41 heavy (non-hydrogen) atoms. The van der Waals surface area contributed by atoms with Gasteiger partial charge in [0.25, 0.3) is 5.91 Å². The Labute approximate surface area is 244 Å². The number of benzene rings is 1. The minimum atomic E-state index is -2.68. The maximum absolute atomic E-state index is 13.9. The number of ketones is 2. The van der Waals surface area contributed by atoms with Crippen molar-refractivity contribution in [1.29, 1.82) is 0 Å². The summed E-state index contributed by atoms with van der Waals surface area (Å²) in [5.41, 5.74) is 2.66. The van der Waals surface area contributed by atoms with Crippen molar-refractivity contribution in [2.75, 3.05) is 14.1 Å². The molecule has 3 aliphatic rings. The topological polar surface area (TPSA) is 173 Å². The summed E-state index contributed by atoms with van der Waals surface area (Å²) in [6.45, 7) is 8.35. The number of carbonyl (C=O) groups is 3. The first-order valence-electron chi connectivity index (χ1n) is 13.7. The summed E-state index contributed by atoms with van der Waals surface area (Å²) in [4.78, 5) is 40.7. The number of likely N-dealkylation sites (N-methyl/N-ethyl adjacent to an activating group) is 1. The number of halogens is 1. The third-order valence-corrected chi connectivity index (χ3v) is 9.52. The number of aliphatic hydroxyl groups is 3. The molecule has 222 valence electrons. The van der Waals surface area contributed by atoms with Gasteiger partial charge in [0.1, 0.15) is 22.8 Å². The van der Waals surface area contributed by atoms with Crippen LogP contribution in [-0.4, -0.2) is 74.6 Å². The molecule has 3 unspecified atom stereocenters. The Morgan fingerprint density at radius 1 is 1.32 bits per heavy atom. The van der Waals surface area contributed by atoms with Gasteiger partial charge in [-0.1, -0.05) is 31.0 Å². The summed E-state index contributed by atoms with van der Waals surface area (Å²) < 4.78 is 0. The lowest BCUT2D eigenvalue weighted by molar-refractivity contribution is -0.153. The fourth-order valence-electron chi connectivity index (χ4n) is 6.85. The van der Waals surface area contributed by atoms with E-state index in [4.69, 9.17) is 17.3 Å². The van der Waals surface area contributed by atoms with Gasteiger partial charge in [-0.3, -0.25) is 19.3 Å². The maximum atomic E-state index is 13.9. The number of hydrogen-bond donors (Lipinski definition) is 6. The highest BCUT2D eigenvalue weighted by atomic mass is 35.5. The van der Waals surface area contributed by atoms with Crippen molar-refractivity contribution in [1.82, 2.24) is 10.2 Å². The molecule has 1 fully saturated rings. The molecule has 1 aromatic carbocycles. The first-order chi connectivity index (χ1) is 19.2. The van der Waals surface area contributed by atoms with Gasteiger partial charge < -0.3 is 31.5 Å². The van der Waals surface area contributed by atoms with Crippen LogP contribution in [0, 0.1) is 17.8 Å². The third kappa shape index (κ3) is 4.76. The lowest BCUT2D eigenvalue weighted by atomic mass is 9.57. The predicted molar refractivity (Wildman–Crippen MR) is 154 cm³/mol. The smallest absolute Gasteiger partial charge is 0.255 e. The highest BCUT2D eigenvalue weighted by Gasteiger charge is 2.64. The lowest BCUT2D eigenvalue weighted by Gasteiger charge is -2.50. The number of allylic oxidation sites excluding steroid dienone is 1. The van der Waals surface area contributed by atoms with Gasteiger partial charge >= 0.3 is 0 Å². The lowest BCUT2D eigenvalue weighted by Crippen LogP contribution is -2.65. The third-order valence-electron chi connectivity index (χ3n) is 9.04. The number of carbonyl (C=O) groups excluding carboxylic acids is 3. The molecule has 1 amide bonds. The number of nitrogens with zero attached hydrogens (tertiary/aromatic N) is 1. The molecule has 3 aliphatic carbocycles. The number of Topliss-reactive ketones (excluding diaryl/α,β-unsaturated/α-hetero) is 2. The largest absolute Gasteiger partial charge is 0.508 e. The number of primary amides is 1. The molecule has 7 N–H and O–H groups in total. The van der Waals surface area contributed by atoms with Gasteiger partial charge in [0.05, 0.1) is 11.6 Å². The zero-order valence-electron chi connectivity index (χ0n) is 23.7. The van der Waals surface area contributed by atoms with E-state index in [0.717, 1.165) is 12.8 Å². The van der Waals surface area contributed by atoms with Crippen LogP contribution in [0.25, 0.3) is 5.76 Å². The van der Waals surface area contributed by atoms with Gasteiger partial charge in [0, 0.05) is 29.1 Å². The van der Waals surface area contributed by atoms with Crippen LogP contribution in [0.15, 0.2) is 35.6 Å². The number of phenols is 1. The Morgan fingerprint density at radius 2 is 1.98 bits per heavy atom. The number of phenolic OH excluding ortho intramolecular Hbond substituents is 1. The average molecular weight is 588 g/mol. The van der Waals surface area contributed by atoms with Crippen LogP contribution in [0.2, 0.25) is 5.02 Å². The van der Waals surface area contributed by atoms with Gasteiger partial charge in [0.15, 0.2) is 11.4 Å². The van der Waals surface area contributed by atoms with Gasteiger partial charge in [-0.2, -0.15) is 0 Å². The van der Waals surface area contributed by atoms with Crippen molar-refractivity contribution >= 4 is 34.8 Å². The van der Waals surface area contributed by atoms with Crippen molar-refractivity contribution in [3.63, 3.8) is 0 Å². The molecule has 10 nitrogen and oxygen atoms in total. The molecule has 4 rings (SSSR count). The maximum Gasteiger partial charge on any atom is 0.255 e. The van der Waals surface area contributed by atoms with Crippen LogP contribution in [0.4, 0.5) is 0 Å².